The van der Waals surface area contributed by atoms with E-state index in [0.29, 0.717) is 5.69 Å². The third-order valence-electron chi connectivity index (χ3n) is 3.43. The van der Waals surface area contributed by atoms with Crippen LogP contribution in [-0.4, -0.2) is 4.98 Å². The van der Waals surface area contributed by atoms with Gasteiger partial charge in [0.15, 0.2) is 0 Å². The summed E-state index contributed by atoms with van der Waals surface area (Å²) in [7, 11) is 0. The lowest BCUT2D eigenvalue weighted by molar-refractivity contribution is 0.487. The Morgan fingerprint density at radius 1 is 0.950 bits per heavy atom. The molecule has 0 unspecified atom stereocenters. The Balaban J connectivity index is 2.04. The highest BCUT2D eigenvalue weighted by Gasteiger charge is 2.05. The van der Waals surface area contributed by atoms with Crippen LogP contribution in [-0.2, 0) is 0 Å². The average molecular weight is 264 g/mol. The molecule has 0 aliphatic heterocycles. The number of nitrogen functional groups attached to an aromatic ring is 1. The normalized spacial score (nSPS) is 10.7. The molecule has 1 aromatic heterocycles. The Kier molecular flexibility index (Phi) is 3.03. The Morgan fingerprint density at radius 2 is 1.80 bits per heavy atom. The minimum absolute atomic E-state index is 0.702. The van der Waals surface area contributed by atoms with E-state index in [0.717, 1.165) is 22.4 Å². The van der Waals surface area contributed by atoms with Crippen LogP contribution in [0.15, 0.2) is 48.7 Å². The second-order valence-electron chi connectivity index (χ2n) is 4.93. The minimum Gasteiger partial charge on any atom is -0.457 e. The summed E-state index contributed by atoms with van der Waals surface area (Å²) in [4.78, 5) is 4.32. The number of fused-ring (bicyclic) bond motifs is 1. The molecule has 0 saturated heterocycles. The van der Waals surface area contributed by atoms with E-state index in [4.69, 9.17) is 10.5 Å². The molecule has 3 rings (SSSR count). The van der Waals surface area contributed by atoms with Crippen molar-refractivity contribution in [2.75, 3.05) is 5.73 Å². The first kappa shape index (κ1) is 12.5. The second-order valence-corrected chi connectivity index (χ2v) is 4.93. The van der Waals surface area contributed by atoms with Gasteiger partial charge in [0.25, 0.3) is 0 Å². The van der Waals surface area contributed by atoms with Gasteiger partial charge in [0.05, 0.1) is 5.52 Å². The molecule has 20 heavy (non-hydrogen) atoms. The molecule has 0 spiro atoms. The van der Waals surface area contributed by atoms with E-state index in [9.17, 15) is 0 Å². The lowest BCUT2D eigenvalue weighted by atomic mass is 10.1. The molecule has 0 aliphatic rings. The number of hydrogen-bond donors (Lipinski definition) is 1. The van der Waals surface area contributed by atoms with Crippen molar-refractivity contribution in [3.8, 4) is 11.5 Å². The van der Waals surface area contributed by atoms with Crippen LogP contribution in [0.4, 0.5) is 5.69 Å². The van der Waals surface area contributed by atoms with Crippen molar-refractivity contribution in [3.05, 3.63) is 59.8 Å². The van der Waals surface area contributed by atoms with Crippen LogP contribution in [0.5, 0.6) is 11.5 Å². The molecule has 3 nitrogen and oxygen atoms in total. The second kappa shape index (κ2) is 4.85. The van der Waals surface area contributed by atoms with Gasteiger partial charge in [-0.2, -0.15) is 0 Å². The fourth-order valence-electron chi connectivity index (χ4n) is 2.13. The summed E-state index contributed by atoms with van der Waals surface area (Å²) in [5.74, 6) is 1.62. The molecule has 3 heteroatoms. The molecular weight excluding hydrogens is 248 g/mol. The number of benzene rings is 2. The maximum absolute atomic E-state index is 5.99. The van der Waals surface area contributed by atoms with Gasteiger partial charge in [0, 0.05) is 17.3 Å². The van der Waals surface area contributed by atoms with E-state index in [1.165, 1.54) is 11.1 Å². The number of aromatic nitrogens is 1. The number of rotatable bonds is 2. The van der Waals surface area contributed by atoms with Crippen LogP contribution in [0.25, 0.3) is 10.9 Å². The van der Waals surface area contributed by atoms with Gasteiger partial charge in [-0.25, -0.2) is 0 Å². The molecule has 3 aromatic rings. The van der Waals surface area contributed by atoms with Gasteiger partial charge in [-0.3, -0.25) is 4.98 Å². The fraction of sp³-hybridized carbons (Fsp3) is 0.118. The Hall–Kier alpha value is -2.55. The van der Waals surface area contributed by atoms with E-state index in [2.05, 4.69) is 24.9 Å². The van der Waals surface area contributed by atoms with Gasteiger partial charge in [-0.1, -0.05) is 6.07 Å². The number of ether oxygens (including phenoxy) is 1. The molecule has 0 fully saturated rings. The average Bonchev–Trinajstić information content (AvgIpc) is 2.43. The zero-order valence-corrected chi connectivity index (χ0v) is 11.6. The first-order valence-corrected chi connectivity index (χ1v) is 6.53. The first-order valence-electron chi connectivity index (χ1n) is 6.53. The molecule has 2 aromatic carbocycles. The zero-order chi connectivity index (χ0) is 14.1. The molecule has 0 radical (unpaired) electrons. The summed E-state index contributed by atoms with van der Waals surface area (Å²) in [6.45, 7) is 4.16. The lowest BCUT2D eigenvalue weighted by Gasteiger charge is -2.10. The molecule has 100 valence electrons. The first-order chi connectivity index (χ1) is 9.63. The van der Waals surface area contributed by atoms with Crippen LogP contribution >= 0.6 is 0 Å². The molecule has 1 heterocycles. The highest BCUT2D eigenvalue weighted by Crippen LogP contribution is 2.30. The highest BCUT2D eigenvalue weighted by molar-refractivity contribution is 5.87. The minimum atomic E-state index is 0.702. The van der Waals surface area contributed by atoms with Crippen LogP contribution < -0.4 is 10.5 Å². The van der Waals surface area contributed by atoms with Crippen LogP contribution in [0, 0.1) is 13.8 Å². The molecule has 0 saturated carbocycles. The Morgan fingerprint density at radius 3 is 2.60 bits per heavy atom. The van der Waals surface area contributed by atoms with Gasteiger partial charge in [-0.15, -0.1) is 0 Å². The molecule has 0 aliphatic carbocycles. The maximum atomic E-state index is 5.99. The zero-order valence-electron chi connectivity index (χ0n) is 11.6. The van der Waals surface area contributed by atoms with Crippen molar-refractivity contribution in [3.63, 3.8) is 0 Å². The summed E-state index contributed by atoms with van der Waals surface area (Å²) >= 11 is 0. The van der Waals surface area contributed by atoms with Crippen molar-refractivity contribution in [1.29, 1.82) is 0 Å². The predicted octanol–water partition coefficient (Wildman–Crippen LogP) is 4.23. The predicted molar refractivity (Wildman–Crippen MR) is 82.1 cm³/mol. The maximum Gasteiger partial charge on any atom is 0.138 e. The summed E-state index contributed by atoms with van der Waals surface area (Å²) in [5.41, 5.74) is 9.79. The number of pyridine rings is 1. The summed E-state index contributed by atoms with van der Waals surface area (Å²) in [5, 5.41) is 0.958. The number of anilines is 1. The Bertz CT molecular complexity index is 781. The third kappa shape index (κ3) is 2.30. The van der Waals surface area contributed by atoms with Crippen LogP contribution in [0.2, 0.25) is 0 Å². The molecule has 0 amide bonds. The van der Waals surface area contributed by atoms with E-state index in [1.807, 2.05) is 36.4 Å². The lowest BCUT2D eigenvalue weighted by Crippen LogP contribution is -1.91. The number of hydrogen-bond acceptors (Lipinski definition) is 3. The molecular formula is C17H16N2O. The highest BCUT2D eigenvalue weighted by atomic mass is 16.5. The van der Waals surface area contributed by atoms with Crippen molar-refractivity contribution in [2.45, 2.75) is 13.8 Å². The van der Waals surface area contributed by atoms with E-state index >= 15 is 0 Å². The quantitative estimate of drug-likeness (QED) is 0.705. The largest absolute Gasteiger partial charge is 0.457 e. The summed E-state index contributed by atoms with van der Waals surface area (Å²) in [6.07, 6.45) is 1.73. The fourth-order valence-corrected chi connectivity index (χ4v) is 2.13. The monoisotopic (exact) mass is 264 g/mol. The van der Waals surface area contributed by atoms with Gasteiger partial charge in [-0.05, 0) is 61.4 Å². The molecule has 0 bridgehead atoms. The van der Waals surface area contributed by atoms with E-state index < -0.39 is 0 Å². The third-order valence-corrected chi connectivity index (χ3v) is 3.43. The van der Waals surface area contributed by atoms with Crippen molar-refractivity contribution < 1.29 is 4.74 Å². The summed E-state index contributed by atoms with van der Waals surface area (Å²) in [6, 6.07) is 13.6. The van der Waals surface area contributed by atoms with Gasteiger partial charge in [0.1, 0.15) is 11.5 Å². The van der Waals surface area contributed by atoms with Gasteiger partial charge >= 0.3 is 0 Å². The van der Waals surface area contributed by atoms with E-state index in [-0.39, 0.29) is 0 Å². The SMILES string of the molecule is Cc1ccc(Oc2ccnc3cc(N)ccc23)cc1C. The van der Waals surface area contributed by atoms with E-state index in [1.54, 1.807) is 6.20 Å². The molecule has 2 N–H and O–H groups in total. The van der Waals surface area contributed by atoms with Crippen molar-refractivity contribution in [2.24, 2.45) is 0 Å². The Labute approximate surface area is 118 Å². The molecule has 0 atom stereocenters. The standard InChI is InChI=1S/C17H16N2O/c1-11-3-5-14(9-12(11)2)20-17-7-8-19-16-10-13(18)4-6-15(16)17/h3-10H,18H2,1-2H3. The smallest absolute Gasteiger partial charge is 0.138 e. The van der Waals surface area contributed by atoms with Crippen molar-refractivity contribution in [1.82, 2.24) is 4.98 Å². The van der Waals surface area contributed by atoms with Gasteiger partial charge in [0.2, 0.25) is 0 Å². The summed E-state index contributed by atoms with van der Waals surface area (Å²) < 4.78 is 5.99. The van der Waals surface area contributed by atoms with Crippen LogP contribution in [0.3, 0.4) is 0 Å². The number of nitrogens with two attached hydrogens (primary N) is 1. The van der Waals surface area contributed by atoms with Crippen LogP contribution in [0.1, 0.15) is 11.1 Å². The van der Waals surface area contributed by atoms with Gasteiger partial charge < -0.3 is 10.5 Å². The number of aryl methyl sites for hydroxylation is 2. The topological polar surface area (TPSA) is 48.1 Å². The van der Waals surface area contributed by atoms with Crippen molar-refractivity contribution >= 4 is 16.6 Å². The number of nitrogens with zero attached hydrogens (tertiary/aromatic N) is 1.